The number of pyridine rings is 1. The van der Waals surface area contributed by atoms with E-state index >= 15 is 0 Å². The highest BCUT2D eigenvalue weighted by atomic mass is 31.0. The Labute approximate surface area is 75.7 Å². The average molecular weight is 180 g/mol. The number of nitrogens with one attached hydrogen (secondary N) is 1. The van der Waals surface area contributed by atoms with Gasteiger partial charge in [0.1, 0.15) is 0 Å². The van der Waals surface area contributed by atoms with Gasteiger partial charge in [-0.1, -0.05) is 6.07 Å². The van der Waals surface area contributed by atoms with Crippen molar-refractivity contribution in [2.75, 3.05) is 0 Å². The zero-order chi connectivity index (χ0) is 7.78. The van der Waals surface area contributed by atoms with Gasteiger partial charge in [0.15, 0.2) is 0 Å². The Hall–Kier alpha value is -1.14. The molecule has 0 bridgehead atoms. The van der Waals surface area contributed by atoms with Gasteiger partial charge in [0, 0.05) is 24.8 Å². The van der Waals surface area contributed by atoms with Crippen LogP contribution in [0.5, 0.6) is 0 Å². The van der Waals surface area contributed by atoms with E-state index in [9.17, 15) is 0 Å². The lowest BCUT2D eigenvalue weighted by atomic mass is 10.5. The molecule has 1 N–H and O–H groups in total. The highest BCUT2D eigenvalue weighted by Gasteiger charge is 1.58. The van der Waals surface area contributed by atoms with Crippen molar-refractivity contribution in [3.05, 3.63) is 55.1 Å². The van der Waals surface area contributed by atoms with E-state index < -0.39 is 0 Å². The van der Waals surface area contributed by atoms with Crippen molar-refractivity contribution in [3.8, 4) is 0 Å². The van der Waals surface area contributed by atoms with Crippen LogP contribution in [0.4, 0.5) is 0 Å². The minimum Gasteiger partial charge on any atom is -0.368 e. The van der Waals surface area contributed by atoms with E-state index in [1.807, 2.05) is 42.7 Å². The van der Waals surface area contributed by atoms with Crippen LogP contribution in [0.15, 0.2) is 55.1 Å². The smallest absolute Gasteiger partial charge is 0.0267 e. The molecule has 0 fully saturated rings. The fourth-order valence-electron chi connectivity index (χ4n) is 0.590. The molecule has 2 rings (SSSR count). The quantitative estimate of drug-likeness (QED) is 0.618. The second kappa shape index (κ2) is 7.96. The van der Waals surface area contributed by atoms with E-state index in [1.165, 1.54) is 0 Å². The summed E-state index contributed by atoms with van der Waals surface area (Å²) in [4.78, 5) is 6.65. The molecular weight excluding hydrogens is 167 g/mol. The summed E-state index contributed by atoms with van der Waals surface area (Å²) in [5.74, 6) is 0. The lowest BCUT2D eigenvalue weighted by molar-refractivity contribution is 1.33. The second-order valence-corrected chi connectivity index (χ2v) is 1.91. The van der Waals surface area contributed by atoms with Crippen LogP contribution in [-0.4, -0.2) is 9.97 Å². The van der Waals surface area contributed by atoms with Gasteiger partial charge in [-0.25, -0.2) is 0 Å². The molecule has 64 valence electrons. The van der Waals surface area contributed by atoms with Crippen molar-refractivity contribution >= 4 is 9.90 Å². The summed E-state index contributed by atoms with van der Waals surface area (Å²) in [6.45, 7) is 0. The molecule has 0 radical (unpaired) electrons. The van der Waals surface area contributed by atoms with E-state index in [0.29, 0.717) is 0 Å². The minimum atomic E-state index is 0. The van der Waals surface area contributed by atoms with Gasteiger partial charge in [0.05, 0.1) is 0 Å². The Balaban J connectivity index is 0.000000189. The van der Waals surface area contributed by atoms with Crippen LogP contribution in [-0.2, 0) is 0 Å². The Morgan fingerprint density at radius 3 is 1.50 bits per heavy atom. The molecule has 0 aliphatic carbocycles. The summed E-state index contributed by atoms with van der Waals surface area (Å²) >= 11 is 0. The third-order valence-corrected chi connectivity index (χ3v) is 1.06. The summed E-state index contributed by atoms with van der Waals surface area (Å²) < 4.78 is 0. The molecule has 1 unspecified atom stereocenters. The summed E-state index contributed by atoms with van der Waals surface area (Å²) in [5, 5.41) is 0. The van der Waals surface area contributed by atoms with Crippen molar-refractivity contribution in [2.24, 2.45) is 0 Å². The van der Waals surface area contributed by atoms with Gasteiger partial charge in [-0.15, -0.1) is 0 Å². The molecule has 2 aromatic heterocycles. The van der Waals surface area contributed by atoms with Crippen LogP contribution in [0.2, 0.25) is 0 Å². The molecule has 0 aliphatic rings. The van der Waals surface area contributed by atoms with E-state index in [4.69, 9.17) is 0 Å². The maximum Gasteiger partial charge on any atom is 0.0267 e. The molecule has 2 nitrogen and oxygen atoms in total. The standard InChI is InChI=1S/C5H5N.C4H5N.H3P/c1-2-4-6-5-3-1;1-2-4-5-3-1;/h1-5H;1-5H;1H3. The summed E-state index contributed by atoms with van der Waals surface area (Å²) in [7, 11) is 0. The zero-order valence-corrected chi connectivity index (χ0v) is 8.26. The largest absolute Gasteiger partial charge is 0.368 e. The number of rotatable bonds is 0. The zero-order valence-electron chi connectivity index (χ0n) is 6.85. The fraction of sp³-hybridized carbons (Fsp3) is 0. The van der Waals surface area contributed by atoms with Crippen LogP contribution in [0, 0.1) is 0 Å². The van der Waals surface area contributed by atoms with Gasteiger partial charge < -0.3 is 4.98 Å². The van der Waals surface area contributed by atoms with E-state index in [0.717, 1.165) is 0 Å². The summed E-state index contributed by atoms with van der Waals surface area (Å²) in [5.41, 5.74) is 0. The number of aromatic amines is 1. The lowest BCUT2D eigenvalue weighted by Gasteiger charge is -1.70. The van der Waals surface area contributed by atoms with Crippen molar-refractivity contribution in [3.63, 3.8) is 0 Å². The minimum absolute atomic E-state index is 0. The van der Waals surface area contributed by atoms with Crippen LogP contribution in [0.3, 0.4) is 0 Å². The van der Waals surface area contributed by atoms with Crippen LogP contribution >= 0.6 is 9.90 Å². The number of hydrogen-bond donors (Lipinski definition) is 1. The van der Waals surface area contributed by atoms with Gasteiger partial charge >= 0.3 is 0 Å². The van der Waals surface area contributed by atoms with Crippen LogP contribution in [0.25, 0.3) is 0 Å². The predicted octanol–water partition coefficient (Wildman–Crippen LogP) is 2.15. The molecule has 0 saturated carbocycles. The molecule has 0 saturated heterocycles. The fourth-order valence-corrected chi connectivity index (χ4v) is 0.590. The molecular formula is C9H13N2P. The maximum absolute atomic E-state index is 3.78. The lowest BCUT2D eigenvalue weighted by Crippen LogP contribution is -1.58. The first-order chi connectivity index (χ1) is 5.50. The molecule has 0 aromatic carbocycles. The van der Waals surface area contributed by atoms with Crippen LogP contribution in [0.1, 0.15) is 0 Å². The van der Waals surface area contributed by atoms with Gasteiger partial charge in [0.25, 0.3) is 0 Å². The third kappa shape index (κ3) is 5.63. The van der Waals surface area contributed by atoms with E-state index in [-0.39, 0.29) is 9.90 Å². The maximum atomic E-state index is 3.78. The highest BCUT2D eigenvalue weighted by molar-refractivity contribution is 6.92. The van der Waals surface area contributed by atoms with Crippen molar-refractivity contribution in [2.45, 2.75) is 0 Å². The third-order valence-electron chi connectivity index (χ3n) is 1.06. The van der Waals surface area contributed by atoms with E-state index in [1.54, 1.807) is 12.4 Å². The first-order valence-electron chi connectivity index (χ1n) is 3.43. The Morgan fingerprint density at radius 1 is 0.750 bits per heavy atom. The molecule has 12 heavy (non-hydrogen) atoms. The van der Waals surface area contributed by atoms with Crippen LogP contribution < -0.4 is 0 Å². The first kappa shape index (κ1) is 10.9. The number of aromatic nitrogens is 2. The van der Waals surface area contributed by atoms with Gasteiger partial charge in [-0.3, -0.25) is 4.98 Å². The monoisotopic (exact) mass is 180 g/mol. The number of hydrogen-bond acceptors (Lipinski definition) is 1. The highest BCUT2D eigenvalue weighted by Crippen LogP contribution is 1.73. The first-order valence-corrected chi connectivity index (χ1v) is 3.43. The second-order valence-electron chi connectivity index (χ2n) is 1.91. The van der Waals surface area contributed by atoms with Gasteiger partial charge in [-0.05, 0) is 24.3 Å². The molecule has 1 atom stereocenters. The molecule has 2 aromatic rings. The van der Waals surface area contributed by atoms with Crippen molar-refractivity contribution in [1.29, 1.82) is 0 Å². The van der Waals surface area contributed by atoms with Crippen molar-refractivity contribution in [1.82, 2.24) is 9.97 Å². The molecule has 0 amide bonds. The van der Waals surface area contributed by atoms with Gasteiger partial charge in [0.2, 0.25) is 0 Å². The average Bonchev–Trinajstić information content (AvgIpc) is 2.64. The van der Waals surface area contributed by atoms with Gasteiger partial charge in [-0.2, -0.15) is 9.90 Å². The Kier molecular flexibility index (Phi) is 7.21. The Morgan fingerprint density at radius 2 is 1.33 bits per heavy atom. The molecule has 2 heterocycles. The number of H-pyrrole nitrogens is 1. The van der Waals surface area contributed by atoms with E-state index in [2.05, 4.69) is 9.97 Å². The molecule has 0 spiro atoms. The summed E-state index contributed by atoms with van der Waals surface area (Å²) in [6, 6.07) is 9.60. The Bertz CT molecular complexity index is 198. The SMILES string of the molecule is P.c1cc[nH]c1.c1ccncc1. The summed E-state index contributed by atoms with van der Waals surface area (Å²) in [6.07, 6.45) is 7.25. The van der Waals surface area contributed by atoms with Crippen molar-refractivity contribution < 1.29 is 0 Å². The predicted molar refractivity (Wildman–Crippen MR) is 56.1 cm³/mol. The normalized spacial score (nSPS) is 7.33. The number of nitrogens with zero attached hydrogens (tertiary/aromatic N) is 1. The topological polar surface area (TPSA) is 28.7 Å². The molecule has 3 heteroatoms. The molecule has 0 aliphatic heterocycles.